The predicted octanol–water partition coefficient (Wildman–Crippen LogP) is 3.40. The molecule has 27 heavy (non-hydrogen) atoms. The quantitative estimate of drug-likeness (QED) is 0.768. The maximum absolute atomic E-state index is 12.1. The van der Waals surface area contributed by atoms with Crippen LogP contribution in [0.5, 0.6) is 5.75 Å². The molecule has 1 N–H and O–H groups in total. The normalized spacial score (nSPS) is 13.9. The molecule has 3 rings (SSSR count). The van der Waals surface area contributed by atoms with E-state index in [1.807, 2.05) is 24.3 Å². The second-order valence-corrected chi connectivity index (χ2v) is 6.62. The van der Waals surface area contributed by atoms with Gasteiger partial charge in [0.2, 0.25) is 0 Å². The molecule has 1 fully saturated rings. The van der Waals surface area contributed by atoms with Crippen molar-refractivity contribution in [2.24, 2.45) is 0 Å². The lowest BCUT2D eigenvalue weighted by Gasteiger charge is -2.28. The summed E-state index contributed by atoms with van der Waals surface area (Å²) in [7, 11) is 0. The number of amides is 1. The van der Waals surface area contributed by atoms with Crippen molar-refractivity contribution in [1.29, 1.82) is 0 Å². The molecule has 6 nitrogen and oxygen atoms in total. The third-order valence-electron chi connectivity index (χ3n) is 4.21. The molecule has 0 radical (unpaired) electrons. The summed E-state index contributed by atoms with van der Waals surface area (Å²) >= 11 is 5.90. The monoisotopic (exact) mass is 388 g/mol. The van der Waals surface area contributed by atoms with Crippen molar-refractivity contribution in [3.63, 3.8) is 0 Å². The molecule has 1 aliphatic rings. The van der Waals surface area contributed by atoms with Crippen LogP contribution in [0.4, 0.5) is 11.4 Å². The van der Waals surface area contributed by atoms with Crippen molar-refractivity contribution >= 4 is 34.7 Å². The Labute approximate surface area is 163 Å². The number of morpholine rings is 1. The van der Waals surface area contributed by atoms with Gasteiger partial charge in [0, 0.05) is 29.5 Å². The molecule has 2 aromatic carbocycles. The zero-order valence-corrected chi connectivity index (χ0v) is 15.8. The van der Waals surface area contributed by atoms with E-state index in [0.717, 1.165) is 32.0 Å². The summed E-state index contributed by atoms with van der Waals surface area (Å²) in [4.78, 5) is 26.1. The van der Waals surface area contributed by atoms with E-state index in [-0.39, 0.29) is 18.3 Å². The second kappa shape index (κ2) is 8.88. The van der Waals surface area contributed by atoms with Gasteiger partial charge >= 0.3 is 0 Å². The molecule has 0 spiro atoms. The van der Waals surface area contributed by atoms with Crippen molar-refractivity contribution < 1.29 is 19.1 Å². The van der Waals surface area contributed by atoms with Gasteiger partial charge in [-0.1, -0.05) is 11.6 Å². The second-order valence-electron chi connectivity index (χ2n) is 6.18. The molecule has 1 amide bonds. The number of ketones is 1. The molecule has 2 aromatic rings. The van der Waals surface area contributed by atoms with Crippen LogP contribution in [0.1, 0.15) is 17.3 Å². The molecule has 1 saturated heterocycles. The van der Waals surface area contributed by atoms with Gasteiger partial charge in [-0.2, -0.15) is 0 Å². The van der Waals surface area contributed by atoms with Gasteiger partial charge in [-0.15, -0.1) is 0 Å². The Balaban J connectivity index is 1.56. The Morgan fingerprint density at radius 3 is 2.52 bits per heavy atom. The number of nitrogens with one attached hydrogen (secondary N) is 1. The summed E-state index contributed by atoms with van der Waals surface area (Å²) in [6.07, 6.45) is 0. The van der Waals surface area contributed by atoms with Crippen molar-refractivity contribution in [1.82, 2.24) is 0 Å². The third-order valence-corrected chi connectivity index (χ3v) is 4.44. The first kappa shape index (κ1) is 19.2. The highest BCUT2D eigenvalue weighted by Crippen LogP contribution is 2.23. The zero-order valence-electron chi connectivity index (χ0n) is 15.0. The molecule has 0 aliphatic carbocycles. The van der Waals surface area contributed by atoms with Crippen LogP contribution in [0.3, 0.4) is 0 Å². The van der Waals surface area contributed by atoms with Gasteiger partial charge in [-0.3, -0.25) is 9.59 Å². The molecular weight excluding hydrogens is 368 g/mol. The number of rotatable bonds is 6. The van der Waals surface area contributed by atoms with Gasteiger partial charge in [-0.05, 0) is 49.4 Å². The summed E-state index contributed by atoms with van der Waals surface area (Å²) in [5.41, 5.74) is 2.13. The highest BCUT2D eigenvalue weighted by atomic mass is 35.5. The number of carbonyl (C=O) groups is 2. The van der Waals surface area contributed by atoms with E-state index < -0.39 is 0 Å². The summed E-state index contributed by atoms with van der Waals surface area (Å²) in [6.45, 7) is 4.39. The SMILES string of the molecule is CC(=O)c1cc(Cl)ccc1OCC(=O)Nc1ccc(N2CCOCC2)cc1. The number of benzene rings is 2. The minimum absolute atomic E-state index is 0.174. The van der Waals surface area contributed by atoms with Crippen molar-refractivity contribution in [2.45, 2.75) is 6.92 Å². The fraction of sp³-hybridized carbons (Fsp3) is 0.300. The van der Waals surface area contributed by atoms with E-state index in [1.165, 1.54) is 13.0 Å². The van der Waals surface area contributed by atoms with E-state index >= 15 is 0 Å². The Hall–Kier alpha value is -2.57. The van der Waals surface area contributed by atoms with Crippen LogP contribution in [-0.2, 0) is 9.53 Å². The standard InChI is InChI=1S/C20H21ClN2O4/c1-14(24)18-12-15(21)2-7-19(18)27-13-20(25)22-16-3-5-17(6-4-16)23-8-10-26-11-9-23/h2-7,12H,8-11,13H2,1H3,(H,22,25). The van der Waals surface area contributed by atoms with Crippen LogP contribution in [-0.4, -0.2) is 44.6 Å². The summed E-state index contributed by atoms with van der Waals surface area (Å²) in [5.74, 6) is -0.144. The van der Waals surface area contributed by atoms with Gasteiger partial charge in [-0.25, -0.2) is 0 Å². The Morgan fingerprint density at radius 2 is 1.85 bits per heavy atom. The van der Waals surface area contributed by atoms with Crippen molar-refractivity contribution in [2.75, 3.05) is 43.1 Å². The molecular formula is C20H21ClN2O4. The van der Waals surface area contributed by atoms with Crippen LogP contribution in [0.2, 0.25) is 5.02 Å². The van der Waals surface area contributed by atoms with Gasteiger partial charge < -0.3 is 19.7 Å². The summed E-state index contributed by atoms with van der Waals surface area (Å²) in [6, 6.07) is 12.4. The van der Waals surface area contributed by atoms with E-state index in [1.54, 1.807) is 12.1 Å². The lowest BCUT2D eigenvalue weighted by molar-refractivity contribution is -0.118. The molecule has 0 unspecified atom stereocenters. The molecule has 7 heteroatoms. The van der Waals surface area contributed by atoms with Gasteiger partial charge in [0.25, 0.3) is 5.91 Å². The van der Waals surface area contributed by atoms with E-state index in [0.29, 0.717) is 22.0 Å². The zero-order chi connectivity index (χ0) is 19.2. The number of nitrogens with zero attached hydrogens (tertiary/aromatic N) is 1. The van der Waals surface area contributed by atoms with E-state index in [4.69, 9.17) is 21.1 Å². The van der Waals surface area contributed by atoms with Crippen LogP contribution >= 0.6 is 11.6 Å². The van der Waals surface area contributed by atoms with Crippen molar-refractivity contribution in [3.8, 4) is 5.75 Å². The predicted molar refractivity (Wildman–Crippen MR) is 105 cm³/mol. The van der Waals surface area contributed by atoms with Crippen LogP contribution in [0.15, 0.2) is 42.5 Å². The molecule has 0 bridgehead atoms. The minimum Gasteiger partial charge on any atom is -0.483 e. The fourth-order valence-electron chi connectivity index (χ4n) is 2.82. The number of anilines is 2. The maximum atomic E-state index is 12.1. The average Bonchev–Trinajstić information content (AvgIpc) is 2.68. The molecule has 0 saturated carbocycles. The first-order valence-electron chi connectivity index (χ1n) is 8.69. The summed E-state index contributed by atoms with van der Waals surface area (Å²) in [5, 5.41) is 3.23. The number of Topliss-reactive ketones (excluding diaryl/α,β-unsaturated/α-hetero) is 1. The lowest BCUT2D eigenvalue weighted by Crippen LogP contribution is -2.36. The minimum atomic E-state index is -0.307. The number of ether oxygens (including phenoxy) is 2. The topological polar surface area (TPSA) is 67.9 Å². The molecule has 142 valence electrons. The largest absolute Gasteiger partial charge is 0.483 e. The number of halogens is 1. The van der Waals surface area contributed by atoms with Gasteiger partial charge in [0.15, 0.2) is 12.4 Å². The van der Waals surface area contributed by atoms with Crippen molar-refractivity contribution in [3.05, 3.63) is 53.1 Å². The van der Waals surface area contributed by atoms with Gasteiger partial charge in [0.05, 0.1) is 18.8 Å². The van der Waals surface area contributed by atoms with Crippen LogP contribution in [0.25, 0.3) is 0 Å². The Bertz CT molecular complexity index is 817. The fourth-order valence-corrected chi connectivity index (χ4v) is 2.99. The Morgan fingerprint density at radius 1 is 1.15 bits per heavy atom. The highest BCUT2D eigenvalue weighted by molar-refractivity contribution is 6.31. The number of hydrogen-bond acceptors (Lipinski definition) is 5. The Kier molecular flexibility index (Phi) is 6.32. The number of hydrogen-bond donors (Lipinski definition) is 1. The lowest BCUT2D eigenvalue weighted by atomic mass is 10.1. The first-order valence-corrected chi connectivity index (χ1v) is 9.06. The first-order chi connectivity index (χ1) is 13.0. The smallest absolute Gasteiger partial charge is 0.262 e. The van der Waals surface area contributed by atoms with E-state index in [9.17, 15) is 9.59 Å². The molecule has 0 aromatic heterocycles. The van der Waals surface area contributed by atoms with Gasteiger partial charge in [0.1, 0.15) is 5.75 Å². The molecule has 1 heterocycles. The summed E-state index contributed by atoms with van der Waals surface area (Å²) < 4.78 is 10.8. The average molecular weight is 389 g/mol. The van der Waals surface area contributed by atoms with Crippen LogP contribution < -0.4 is 15.0 Å². The number of carbonyl (C=O) groups excluding carboxylic acids is 2. The third kappa shape index (κ3) is 5.21. The van der Waals surface area contributed by atoms with E-state index in [2.05, 4.69) is 10.2 Å². The maximum Gasteiger partial charge on any atom is 0.262 e. The molecule has 0 atom stereocenters. The van der Waals surface area contributed by atoms with Crippen LogP contribution in [0, 0.1) is 0 Å². The highest BCUT2D eigenvalue weighted by Gasteiger charge is 2.13. The molecule has 1 aliphatic heterocycles.